The molecule has 2 aromatic carbocycles. The highest BCUT2D eigenvalue weighted by Gasteiger charge is 2.35. The zero-order chi connectivity index (χ0) is 26.2. The quantitative estimate of drug-likeness (QED) is 0.323. The number of anilines is 1. The molecule has 1 atom stereocenters. The number of carbonyl (C=O) groups excluding carboxylic acids is 2. The van der Waals surface area contributed by atoms with Crippen LogP contribution in [0.25, 0.3) is 0 Å². The molecule has 0 aliphatic rings. The first-order valence-electron chi connectivity index (χ1n) is 12.4. The van der Waals surface area contributed by atoms with Crippen molar-refractivity contribution in [3.63, 3.8) is 0 Å². The predicted molar refractivity (Wildman–Crippen MR) is 136 cm³/mol. The van der Waals surface area contributed by atoms with Crippen LogP contribution in [0.1, 0.15) is 101 Å². The largest absolute Gasteiger partial charge is 0.416 e. The van der Waals surface area contributed by atoms with E-state index in [4.69, 9.17) is 0 Å². The van der Waals surface area contributed by atoms with Crippen LogP contribution in [-0.4, -0.2) is 11.7 Å². The van der Waals surface area contributed by atoms with E-state index >= 15 is 0 Å². The average Bonchev–Trinajstić information content (AvgIpc) is 2.76. The number of unbranched alkanes of at least 4 members (excludes halogenated alkanes) is 2. The lowest BCUT2D eigenvalue weighted by molar-refractivity contribution is -0.138. The number of halogens is 3. The molecule has 0 heterocycles. The Morgan fingerprint density at radius 1 is 0.971 bits per heavy atom. The van der Waals surface area contributed by atoms with E-state index in [-0.39, 0.29) is 29.1 Å². The van der Waals surface area contributed by atoms with Crippen LogP contribution < -0.4 is 5.32 Å². The first kappa shape index (κ1) is 28.6. The van der Waals surface area contributed by atoms with E-state index in [1.54, 1.807) is 13.0 Å². The minimum Gasteiger partial charge on any atom is -0.326 e. The average molecular weight is 490 g/mol. The molecule has 35 heavy (non-hydrogen) atoms. The summed E-state index contributed by atoms with van der Waals surface area (Å²) < 4.78 is 41.1. The van der Waals surface area contributed by atoms with E-state index in [2.05, 4.69) is 5.32 Å². The van der Waals surface area contributed by atoms with Gasteiger partial charge in [0, 0.05) is 18.5 Å². The van der Waals surface area contributed by atoms with Gasteiger partial charge in [0.1, 0.15) is 5.78 Å². The van der Waals surface area contributed by atoms with Gasteiger partial charge in [0.05, 0.1) is 5.56 Å². The number of hydrogen-bond acceptors (Lipinski definition) is 2. The topological polar surface area (TPSA) is 46.2 Å². The van der Waals surface area contributed by atoms with Gasteiger partial charge in [0.15, 0.2) is 0 Å². The van der Waals surface area contributed by atoms with Crippen LogP contribution >= 0.6 is 0 Å². The summed E-state index contributed by atoms with van der Waals surface area (Å²) in [4.78, 5) is 24.6. The summed E-state index contributed by atoms with van der Waals surface area (Å²) in [5.41, 5.74) is 1.79. The number of carbonyl (C=O) groups is 2. The van der Waals surface area contributed by atoms with E-state index in [1.807, 2.05) is 45.9 Å². The van der Waals surface area contributed by atoms with Crippen LogP contribution in [-0.2, 0) is 27.6 Å². The van der Waals surface area contributed by atoms with Crippen LogP contribution in [0.4, 0.5) is 18.9 Å². The van der Waals surface area contributed by atoms with E-state index in [0.717, 1.165) is 36.5 Å². The number of aryl methyl sites for hydroxylation is 1. The highest BCUT2D eigenvalue weighted by molar-refractivity contribution is 5.92. The number of alkyl halides is 3. The van der Waals surface area contributed by atoms with Crippen molar-refractivity contribution in [2.24, 2.45) is 0 Å². The molecule has 192 valence electrons. The van der Waals surface area contributed by atoms with Crippen LogP contribution in [0.3, 0.4) is 0 Å². The predicted octanol–water partition coefficient (Wildman–Crippen LogP) is 8.22. The molecule has 0 aliphatic carbocycles. The molecule has 0 aromatic heterocycles. The van der Waals surface area contributed by atoms with Gasteiger partial charge in [0.2, 0.25) is 5.91 Å². The molecule has 0 spiro atoms. The zero-order valence-electron chi connectivity index (χ0n) is 21.5. The smallest absolute Gasteiger partial charge is 0.326 e. The summed E-state index contributed by atoms with van der Waals surface area (Å²) in [5, 5.41) is 2.99. The standard InChI is InChI=1S/C29H38F3NO2/c1-6-7-8-11-22(23-12-9-10-13-24(23)29(30,31)32)19-27(35)33-26-18-21(15-14-20(2)34)16-17-25(26)28(3,4)5/h9-10,12-13,16-18,22H,6-8,11,14-15,19H2,1-5H3,(H,33,35). The summed E-state index contributed by atoms with van der Waals surface area (Å²) in [5.74, 6) is -0.746. The SMILES string of the molecule is CCCCCC(CC(=O)Nc1cc(CCC(C)=O)ccc1C(C)(C)C)c1ccccc1C(F)(F)F. The van der Waals surface area contributed by atoms with Crippen LogP contribution in [0, 0.1) is 0 Å². The van der Waals surface area contributed by atoms with Crippen molar-refractivity contribution in [3.8, 4) is 0 Å². The normalized spacial score (nSPS) is 12.9. The number of rotatable bonds is 11. The number of ketones is 1. The maximum Gasteiger partial charge on any atom is 0.416 e. The molecule has 0 saturated carbocycles. The Balaban J connectivity index is 2.34. The lowest BCUT2D eigenvalue weighted by Gasteiger charge is -2.25. The second kappa shape index (κ2) is 12.4. The minimum absolute atomic E-state index is 0.0297. The van der Waals surface area contributed by atoms with E-state index in [1.165, 1.54) is 12.1 Å². The fourth-order valence-electron chi connectivity index (χ4n) is 4.37. The second-order valence-electron chi connectivity index (χ2n) is 10.4. The van der Waals surface area contributed by atoms with Crippen molar-refractivity contribution in [3.05, 3.63) is 64.7 Å². The van der Waals surface area contributed by atoms with Gasteiger partial charge in [-0.05, 0) is 59.9 Å². The third kappa shape index (κ3) is 8.83. The van der Waals surface area contributed by atoms with Crippen molar-refractivity contribution in [2.75, 3.05) is 5.32 Å². The Morgan fingerprint density at radius 2 is 1.66 bits per heavy atom. The third-order valence-corrected chi connectivity index (χ3v) is 6.23. The number of hydrogen-bond donors (Lipinski definition) is 1. The van der Waals surface area contributed by atoms with Crippen LogP contribution in [0.2, 0.25) is 0 Å². The molecule has 0 saturated heterocycles. The van der Waals surface area contributed by atoms with Gasteiger partial charge < -0.3 is 10.1 Å². The Labute approximate surface area is 207 Å². The van der Waals surface area contributed by atoms with Gasteiger partial charge in [0.25, 0.3) is 0 Å². The Kier molecular flexibility index (Phi) is 10.1. The lowest BCUT2D eigenvalue weighted by Crippen LogP contribution is -2.21. The Hall–Kier alpha value is -2.63. The molecule has 2 rings (SSSR count). The molecule has 1 amide bonds. The van der Waals surface area contributed by atoms with Gasteiger partial charge in [-0.1, -0.05) is 77.3 Å². The molecule has 0 bridgehead atoms. The fourth-order valence-corrected chi connectivity index (χ4v) is 4.37. The number of benzene rings is 2. The highest BCUT2D eigenvalue weighted by atomic mass is 19.4. The summed E-state index contributed by atoms with van der Waals surface area (Å²) >= 11 is 0. The van der Waals surface area contributed by atoms with Crippen molar-refractivity contribution < 1.29 is 22.8 Å². The van der Waals surface area contributed by atoms with Gasteiger partial charge in [-0.15, -0.1) is 0 Å². The Morgan fingerprint density at radius 3 is 2.26 bits per heavy atom. The maximum absolute atomic E-state index is 13.7. The third-order valence-electron chi connectivity index (χ3n) is 6.23. The van der Waals surface area contributed by atoms with Crippen molar-refractivity contribution in [1.82, 2.24) is 0 Å². The zero-order valence-corrected chi connectivity index (χ0v) is 21.5. The van der Waals surface area contributed by atoms with Gasteiger partial charge >= 0.3 is 6.18 Å². The van der Waals surface area contributed by atoms with E-state index in [0.29, 0.717) is 24.9 Å². The first-order chi connectivity index (χ1) is 16.3. The summed E-state index contributed by atoms with van der Waals surface area (Å²) in [6.07, 6.45) is -0.399. The molecular weight excluding hydrogens is 451 g/mol. The summed E-state index contributed by atoms with van der Waals surface area (Å²) in [6.45, 7) is 9.71. The van der Waals surface area contributed by atoms with Gasteiger partial charge in [-0.2, -0.15) is 13.2 Å². The van der Waals surface area contributed by atoms with Crippen molar-refractivity contribution in [1.29, 1.82) is 0 Å². The molecule has 6 heteroatoms. The van der Waals surface area contributed by atoms with Gasteiger partial charge in [-0.3, -0.25) is 4.79 Å². The van der Waals surface area contributed by atoms with Crippen LogP contribution in [0.15, 0.2) is 42.5 Å². The summed E-state index contributed by atoms with van der Waals surface area (Å²) in [7, 11) is 0. The maximum atomic E-state index is 13.7. The second-order valence-corrected chi connectivity index (χ2v) is 10.4. The Bertz CT molecular complexity index is 1010. The molecule has 3 nitrogen and oxygen atoms in total. The molecule has 0 radical (unpaired) electrons. The molecule has 0 aliphatic heterocycles. The molecular formula is C29H38F3NO2. The number of Topliss-reactive ketones (excluding diaryl/α,β-unsaturated/α-hetero) is 1. The molecule has 1 unspecified atom stereocenters. The first-order valence-corrected chi connectivity index (χ1v) is 12.4. The van der Waals surface area contributed by atoms with Crippen molar-refractivity contribution >= 4 is 17.4 Å². The van der Waals surface area contributed by atoms with E-state index in [9.17, 15) is 22.8 Å². The minimum atomic E-state index is -4.47. The molecule has 0 fully saturated rings. The molecule has 2 aromatic rings. The summed E-state index contributed by atoms with van der Waals surface area (Å²) in [6, 6.07) is 11.4. The highest BCUT2D eigenvalue weighted by Crippen LogP contribution is 2.38. The number of nitrogens with one attached hydrogen (secondary N) is 1. The van der Waals surface area contributed by atoms with Gasteiger partial charge in [-0.25, -0.2) is 0 Å². The lowest BCUT2D eigenvalue weighted by atomic mass is 9.84. The van der Waals surface area contributed by atoms with Crippen LogP contribution in [0.5, 0.6) is 0 Å². The monoisotopic (exact) mass is 489 g/mol. The number of amides is 1. The van der Waals surface area contributed by atoms with Crippen molar-refractivity contribution in [2.45, 2.75) is 97.1 Å². The van der Waals surface area contributed by atoms with E-state index < -0.39 is 17.7 Å². The fraction of sp³-hybridized carbons (Fsp3) is 0.517. The molecule has 1 N–H and O–H groups in total.